The molecule has 1 aromatic heterocycles. The quantitative estimate of drug-likeness (QED) is 0.816. The van der Waals surface area contributed by atoms with Gasteiger partial charge in [-0.1, -0.05) is 11.6 Å². The van der Waals surface area contributed by atoms with Crippen molar-refractivity contribution < 1.29 is 8.78 Å². The minimum absolute atomic E-state index is 0.149. The SMILES string of the molecule is Cc1nc(Cl)cc(NCCC(C)(F)F)n1. The van der Waals surface area contributed by atoms with Crippen molar-refractivity contribution in [1.82, 2.24) is 9.97 Å². The van der Waals surface area contributed by atoms with Crippen LogP contribution >= 0.6 is 11.6 Å². The molecule has 0 saturated carbocycles. The average molecular weight is 236 g/mol. The zero-order chi connectivity index (χ0) is 11.5. The molecule has 3 nitrogen and oxygen atoms in total. The van der Waals surface area contributed by atoms with E-state index in [1.807, 2.05) is 0 Å². The minimum atomic E-state index is -2.67. The fourth-order valence-electron chi connectivity index (χ4n) is 1.03. The summed E-state index contributed by atoms with van der Waals surface area (Å²) in [5.41, 5.74) is 0. The van der Waals surface area contributed by atoms with E-state index in [-0.39, 0.29) is 13.0 Å². The molecule has 0 aliphatic heterocycles. The molecule has 0 aromatic carbocycles. The van der Waals surface area contributed by atoms with Crippen LogP contribution in [-0.2, 0) is 0 Å². The fraction of sp³-hybridized carbons (Fsp3) is 0.556. The number of aromatic nitrogens is 2. The summed E-state index contributed by atoms with van der Waals surface area (Å²) in [5.74, 6) is -1.69. The lowest BCUT2D eigenvalue weighted by atomic mass is 10.3. The van der Waals surface area contributed by atoms with Gasteiger partial charge in [-0.05, 0) is 13.8 Å². The highest BCUT2D eigenvalue weighted by Crippen LogP contribution is 2.17. The van der Waals surface area contributed by atoms with E-state index in [1.54, 1.807) is 6.92 Å². The van der Waals surface area contributed by atoms with E-state index in [2.05, 4.69) is 15.3 Å². The molecule has 6 heteroatoms. The van der Waals surface area contributed by atoms with Crippen LogP contribution in [0.25, 0.3) is 0 Å². The van der Waals surface area contributed by atoms with Crippen molar-refractivity contribution in [3.8, 4) is 0 Å². The zero-order valence-corrected chi connectivity index (χ0v) is 9.28. The highest BCUT2D eigenvalue weighted by molar-refractivity contribution is 6.29. The fourth-order valence-corrected chi connectivity index (χ4v) is 1.26. The van der Waals surface area contributed by atoms with Gasteiger partial charge >= 0.3 is 0 Å². The molecule has 1 N–H and O–H groups in total. The number of halogens is 3. The predicted molar refractivity (Wildman–Crippen MR) is 55.5 cm³/mol. The van der Waals surface area contributed by atoms with E-state index in [0.29, 0.717) is 16.8 Å². The van der Waals surface area contributed by atoms with Gasteiger partial charge in [0.05, 0.1) is 0 Å². The van der Waals surface area contributed by atoms with Gasteiger partial charge in [-0.15, -0.1) is 0 Å². The van der Waals surface area contributed by atoms with Gasteiger partial charge in [0, 0.05) is 19.0 Å². The minimum Gasteiger partial charge on any atom is -0.370 e. The lowest BCUT2D eigenvalue weighted by Crippen LogP contribution is -2.16. The lowest BCUT2D eigenvalue weighted by Gasteiger charge is -2.11. The van der Waals surface area contributed by atoms with Crippen molar-refractivity contribution in [2.75, 3.05) is 11.9 Å². The van der Waals surface area contributed by atoms with Crippen LogP contribution in [0.5, 0.6) is 0 Å². The Hall–Kier alpha value is -0.970. The first-order chi connectivity index (χ1) is 6.87. The van der Waals surface area contributed by atoms with E-state index in [9.17, 15) is 8.78 Å². The molecule has 0 aliphatic rings. The van der Waals surface area contributed by atoms with Crippen LogP contribution in [-0.4, -0.2) is 22.4 Å². The first-order valence-electron chi connectivity index (χ1n) is 4.50. The number of nitrogens with one attached hydrogen (secondary N) is 1. The van der Waals surface area contributed by atoms with Gasteiger partial charge in [-0.2, -0.15) is 0 Å². The molecule has 0 atom stereocenters. The van der Waals surface area contributed by atoms with Crippen LogP contribution in [0.1, 0.15) is 19.2 Å². The summed E-state index contributed by atoms with van der Waals surface area (Å²) in [5, 5.41) is 3.07. The molecule has 0 amide bonds. The number of rotatable bonds is 4. The Morgan fingerprint density at radius 1 is 1.47 bits per heavy atom. The van der Waals surface area contributed by atoms with E-state index in [0.717, 1.165) is 6.92 Å². The van der Waals surface area contributed by atoms with Crippen molar-refractivity contribution in [2.45, 2.75) is 26.2 Å². The topological polar surface area (TPSA) is 37.8 Å². The summed E-state index contributed by atoms with van der Waals surface area (Å²) in [4.78, 5) is 7.86. The number of hydrogen-bond donors (Lipinski definition) is 1. The highest BCUT2D eigenvalue weighted by atomic mass is 35.5. The summed E-state index contributed by atoms with van der Waals surface area (Å²) in [7, 11) is 0. The maximum atomic E-state index is 12.5. The Labute approximate surface area is 91.9 Å². The summed E-state index contributed by atoms with van der Waals surface area (Å²) in [6.45, 7) is 2.72. The number of anilines is 1. The molecular weight excluding hydrogens is 224 g/mol. The van der Waals surface area contributed by atoms with Gasteiger partial charge in [0.1, 0.15) is 16.8 Å². The summed E-state index contributed by atoms with van der Waals surface area (Å²) in [6, 6.07) is 1.50. The van der Waals surface area contributed by atoms with Crippen LogP contribution < -0.4 is 5.32 Å². The highest BCUT2D eigenvalue weighted by Gasteiger charge is 2.19. The van der Waals surface area contributed by atoms with Crippen molar-refractivity contribution in [1.29, 1.82) is 0 Å². The molecule has 1 aromatic rings. The second-order valence-electron chi connectivity index (χ2n) is 3.37. The number of hydrogen-bond acceptors (Lipinski definition) is 3. The summed E-state index contributed by atoms with van der Waals surface area (Å²) in [6.07, 6.45) is -0.242. The van der Waals surface area contributed by atoms with Crippen LogP contribution in [0.15, 0.2) is 6.07 Å². The van der Waals surface area contributed by atoms with Crippen LogP contribution in [0.3, 0.4) is 0 Å². The van der Waals surface area contributed by atoms with E-state index < -0.39 is 5.92 Å². The van der Waals surface area contributed by atoms with Crippen LogP contribution in [0.4, 0.5) is 14.6 Å². The maximum absolute atomic E-state index is 12.5. The van der Waals surface area contributed by atoms with Gasteiger partial charge in [-0.25, -0.2) is 18.7 Å². The van der Waals surface area contributed by atoms with E-state index >= 15 is 0 Å². The van der Waals surface area contributed by atoms with Gasteiger partial charge in [-0.3, -0.25) is 0 Å². The average Bonchev–Trinajstić information content (AvgIpc) is 1.99. The number of nitrogens with zero attached hydrogens (tertiary/aromatic N) is 2. The summed E-state index contributed by atoms with van der Waals surface area (Å²) < 4.78 is 25.0. The number of aryl methyl sites for hydroxylation is 1. The molecule has 0 unspecified atom stereocenters. The first kappa shape index (κ1) is 12.1. The Morgan fingerprint density at radius 3 is 2.67 bits per heavy atom. The van der Waals surface area contributed by atoms with Gasteiger partial charge in [0.15, 0.2) is 0 Å². The molecule has 84 valence electrons. The Morgan fingerprint density at radius 2 is 2.13 bits per heavy atom. The third-order valence-electron chi connectivity index (χ3n) is 1.68. The Kier molecular flexibility index (Phi) is 3.79. The Balaban J connectivity index is 2.51. The third-order valence-corrected chi connectivity index (χ3v) is 1.87. The molecule has 0 spiro atoms. The van der Waals surface area contributed by atoms with Crippen molar-refractivity contribution in [2.24, 2.45) is 0 Å². The zero-order valence-electron chi connectivity index (χ0n) is 8.52. The first-order valence-corrected chi connectivity index (χ1v) is 4.87. The maximum Gasteiger partial charge on any atom is 0.247 e. The second-order valence-corrected chi connectivity index (χ2v) is 3.76. The summed E-state index contributed by atoms with van der Waals surface area (Å²) >= 11 is 5.68. The lowest BCUT2D eigenvalue weighted by molar-refractivity contribution is 0.0167. The smallest absolute Gasteiger partial charge is 0.247 e. The third kappa shape index (κ3) is 4.88. The standard InChI is InChI=1S/C9H12ClF2N3/c1-6-14-7(10)5-8(15-6)13-4-3-9(2,11)12/h5H,3-4H2,1-2H3,(H,13,14,15). The molecule has 1 heterocycles. The monoisotopic (exact) mass is 235 g/mol. The van der Waals surface area contributed by atoms with Gasteiger partial charge < -0.3 is 5.32 Å². The van der Waals surface area contributed by atoms with Gasteiger partial charge in [0.25, 0.3) is 0 Å². The molecule has 0 bridgehead atoms. The van der Waals surface area contributed by atoms with Crippen LogP contribution in [0, 0.1) is 6.92 Å². The normalized spacial score (nSPS) is 11.5. The number of alkyl halides is 2. The molecule has 15 heavy (non-hydrogen) atoms. The molecule has 0 saturated heterocycles. The molecular formula is C9H12ClF2N3. The van der Waals surface area contributed by atoms with E-state index in [4.69, 9.17) is 11.6 Å². The largest absolute Gasteiger partial charge is 0.370 e. The van der Waals surface area contributed by atoms with Crippen molar-refractivity contribution in [3.63, 3.8) is 0 Å². The molecule has 0 radical (unpaired) electrons. The molecule has 0 aliphatic carbocycles. The van der Waals surface area contributed by atoms with Gasteiger partial charge in [0.2, 0.25) is 5.92 Å². The molecule has 1 rings (SSSR count). The Bertz CT molecular complexity index is 318. The van der Waals surface area contributed by atoms with E-state index in [1.165, 1.54) is 6.07 Å². The second kappa shape index (κ2) is 4.70. The van der Waals surface area contributed by atoms with Crippen LogP contribution in [0.2, 0.25) is 5.15 Å². The molecule has 0 fully saturated rings. The van der Waals surface area contributed by atoms with Crippen molar-refractivity contribution in [3.05, 3.63) is 17.0 Å². The predicted octanol–water partition coefficient (Wildman–Crippen LogP) is 2.90. The van der Waals surface area contributed by atoms with Crippen molar-refractivity contribution >= 4 is 17.4 Å².